The summed E-state index contributed by atoms with van der Waals surface area (Å²) in [4.78, 5) is 16.5. The summed E-state index contributed by atoms with van der Waals surface area (Å²) in [6.45, 7) is 0. The number of carbonyl (C=O) groups is 1. The molecule has 0 bridgehead atoms. The second-order valence-electron chi connectivity index (χ2n) is 7.08. The molecule has 1 heterocycles. The third-order valence-electron chi connectivity index (χ3n) is 5.07. The minimum Gasteiger partial charge on any atom is -0.466 e. The molecule has 156 valence electrons. The van der Waals surface area contributed by atoms with Crippen molar-refractivity contribution in [2.45, 2.75) is 25.4 Å². The van der Waals surface area contributed by atoms with Crippen LogP contribution in [0.5, 0.6) is 6.01 Å². The molecule has 2 aromatic carbocycles. The lowest BCUT2D eigenvalue weighted by atomic mass is 9.85. The number of nitrogens with zero attached hydrogens (tertiary/aromatic N) is 3. The fraction of sp³-hybridized carbons (Fsp3) is 0.286. The second-order valence-corrected chi connectivity index (χ2v) is 7.08. The normalized spacial score (nSPS) is 14.3. The minimum absolute atomic E-state index is 0.0162. The van der Waals surface area contributed by atoms with E-state index in [1.54, 1.807) is 24.3 Å². The quantitative estimate of drug-likeness (QED) is 0.655. The van der Waals surface area contributed by atoms with E-state index in [0.717, 1.165) is 31.4 Å². The number of ether oxygens (including phenoxy) is 1. The molecule has 1 amide bonds. The lowest BCUT2D eigenvalue weighted by Gasteiger charge is -2.24. The molecule has 1 N–H and O–H groups in total. The number of hydrogen-bond acceptors (Lipinski definition) is 4. The first-order chi connectivity index (χ1) is 14.3. The Morgan fingerprint density at radius 3 is 2.50 bits per heavy atom. The first-order valence-electron chi connectivity index (χ1n) is 9.45. The Labute approximate surface area is 170 Å². The van der Waals surface area contributed by atoms with Crippen LogP contribution in [-0.2, 0) is 11.0 Å². The third-order valence-corrected chi connectivity index (χ3v) is 5.07. The van der Waals surface area contributed by atoms with E-state index in [1.165, 1.54) is 23.9 Å². The maximum Gasteiger partial charge on any atom is 0.416 e. The molecular formula is C21H19F3N4O2. The molecule has 9 heteroatoms. The maximum atomic E-state index is 12.9. The van der Waals surface area contributed by atoms with E-state index in [2.05, 4.69) is 15.4 Å². The van der Waals surface area contributed by atoms with Gasteiger partial charge in [0.2, 0.25) is 5.91 Å². The van der Waals surface area contributed by atoms with Crippen LogP contribution in [0.3, 0.4) is 0 Å². The highest BCUT2D eigenvalue weighted by atomic mass is 19.4. The molecule has 0 atom stereocenters. The van der Waals surface area contributed by atoms with Crippen molar-refractivity contribution in [3.05, 3.63) is 54.1 Å². The molecule has 0 radical (unpaired) electrons. The molecule has 0 unspecified atom stereocenters. The van der Waals surface area contributed by atoms with Crippen molar-refractivity contribution in [1.82, 2.24) is 14.8 Å². The average molecular weight is 416 g/mol. The van der Waals surface area contributed by atoms with E-state index in [1.807, 2.05) is 0 Å². The number of hydrogen-bond donors (Lipinski definition) is 1. The van der Waals surface area contributed by atoms with Gasteiger partial charge in [-0.05, 0) is 43.2 Å². The van der Waals surface area contributed by atoms with Gasteiger partial charge in [0.05, 0.1) is 18.4 Å². The summed E-state index contributed by atoms with van der Waals surface area (Å²) in [5.41, 5.74) is 0.900. The van der Waals surface area contributed by atoms with Crippen molar-refractivity contribution in [1.29, 1.82) is 0 Å². The molecule has 30 heavy (non-hydrogen) atoms. The number of halogens is 3. The van der Waals surface area contributed by atoms with Crippen molar-refractivity contribution < 1.29 is 22.7 Å². The molecule has 0 spiro atoms. The lowest BCUT2D eigenvalue weighted by Crippen LogP contribution is -2.28. The van der Waals surface area contributed by atoms with Gasteiger partial charge in [0.1, 0.15) is 0 Å². The zero-order chi connectivity index (χ0) is 21.3. The van der Waals surface area contributed by atoms with Crippen molar-refractivity contribution in [3.63, 3.8) is 0 Å². The Kier molecular flexibility index (Phi) is 5.19. The first-order valence-corrected chi connectivity index (χ1v) is 9.45. The molecule has 1 aliphatic rings. The van der Waals surface area contributed by atoms with Crippen LogP contribution in [0.4, 0.5) is 18.9 Å². The molecule has 1 saturated carbocycles. The van der Waals surface area contributed by atoms with Crippen molar-refractivity contribution >= 4 is 11.6 Å². The Morgan fingerprint density at radius 2 is 1.90 bits per heavy atom. The summed E-state index contributed by atoms with van der Waals surface area (Å²) in [5, 5.41) is 7.18. The van der Waals surface area contributed by atoms with Crippen molar-refractivity contribution in [3.8, 4) is 23.1 Å². The summed E-state index contributed by atoms with van der Waals surface area (Å²) in [5.74, 6) is 0.350. The zero-order valence-electron chi connectivity index (χ0n) is 16.1. The fourth-order valence-corrected chi connectivity index (χ4v) is 3.18. The highest BCUT2D eigenvalue weighted by molar-refractivity contribution is 5.93. The van der Waals surface area contributed by atoms with Crippen LogP contribution in [-0.4, -0.2) is 27.8 Å². The number of anilines is 1. The molecule has 3 aromatic rings. The number of alkyl halides is 3. The topological polar surface area (TPSA) is 69.0 Å². The van der Waals surface area contributed by atoms with Gasteiger partial charge in [-0.25, -0.2) is 4.68 Å². The summed E-state index contributed by atoms with van der Waals surface area (Å²) in [6.07, 6.45) is -1.57. The zero-order valence-corrected chi connectivity index (χ0v) is 16.1. The number of benzene rings is 2. The summed E-state index contributed by atoms with van der Waals surface area (Å²) < 4.78 is 45.2. The molecule has 4 rings (SSSR count). The summed E-state index contributed by atoms with van der Waals surface area (Å²) in [6, 6.07) is 11.8. The van der Waals surface area contributed by atoms with Crippen LogP contribution >= 0.6 is 0 Å². The van der Waals surface area contributed by atoms with E-state index < -0.39 is 11.7 Å². The first kappa shape index (κ1) is 19.9. The Bertz CT molecular complexity index is 1060. The molecule has 1 aliphatic carbocycles. The number of amides is 1. The number of aromatic nitrogens is 3. The fourth-order valence-electron chi connectivity index (χ4n) is 3.18. The number of nitrogens with one attached hydrogen (secondary N) is 1. The van der Waals surface area contributed by atoms with Crippen LogP contribution in [0.2, 0.25) is 0 Å². The molecule has 1 fully saturated rings. The van der Waals surface area contributed by atoms with E-state index in [4.69, 9.17) is 4.74 Å². The van der Waals surface area contributed by atoms with Gasteiger partial charge < -0.3 is 10.1 Å². The Hall–Kier alpha value is -3.36. The lowest BCUT2D eigenvalue weighted by molar-refractivity contribution is -0.137. The van der Waals surface area contributed by atoms with E-state index in [0.29, 0.717) is 22.8 Å². The van der Waals surface area contributed by atoms with Gasteiger partial charge in [0.15, 0.2) is 5.82 Å². The highest BCUT2D eigenvalue weighted by Crippen LogP contribution is 2.32. The molecule has 6 nitrogen and oxygen atoms in total. The molecule has 0 aliphatic heterocycles. The van der Waals surface area contributed by atoms with Crippen molar-refractivity contribution in [2.24, 2.45) is 5.92 Å². The SMILES string of the molecule is COc1nc(-c2ccc(C(F)(F)F)cc2)n(-c2cccc(NC(=O)C3CCC3)c2)n1. The Balaban J connectivity index is 1.67. The molecule has 0 saturated heterocycles. The summed E-state index contributed by atoms with van der Waals surface area (Å²) in [7, 11) is 1.41. The maximum absolute atomic E-state index is 12.9. The number of rotatable bonds is 5. The number of methoxy groups -OCH3 is 1. The van der Waals surface area contributed by atoms with Gasteiger partial charge >= 0.3 is 12.2 Å². The van der Waals surface area contributed by atoms with Crippen LogP contribution < -0.4 is 10.1 Å². The molecule has 1 aromatic heterocycles. The van der Waals surface area contributed by atoms with Crippen LogP contribution in [0.25, 0.3) is 17.1 Å². The van der Waals surface area contributed by atoms with Gasteiger partial charge in [-0.2, -0.15) is 18.2 Å². The van der Waals surface area contributed by atoms with E-state index in [9.17, 15) is 18.0 Å². The van der Waals surface area contributed by atoms with Gasteiger partial charge in [-0.15, -0.1) is 5.10 Å². The van der Waals surface area contributed by atoms with Gasteiger partial charge in [0.25, 0.3) is 0 Å². The monoisotopic (exact) mass is 416 g/mol. The van der Waals surface area contributed by atoms with Gasteiger partial charge in [-0.3, -0.25) is 4.79 Å². The van der Waals surface area contributed by atoms with Crippen LogP contribution in [0.15, 0.2) is 48.5 Å². The predicted molar refractivity (Wildman–Crippen MR) is 104 cm³/mol. The smallest absolute Gasteiger partial charge is 0.416 e. The van der Waals surface area contributed by atoms with Gasteiger partial charge in [0, 0.05) is 17.2 Å². The van der Waals surface area contributed by atoms with Gasteiger partial charge in [-0.1, -0.05) is 24.6 Å². The number of carbonyl (C=O) groups excluding carboxylic acids is 1. The van der Waals surface area contributed by atoms with Crippen LogP contribution in [0, 0.1) is 5.92 Å². The van der Waals surface area contributed by atoms with E-state index >= 15 is 0 Å². The van der Waals surface area contributed by atoms with Crippen molar-refractivity contribution in [2.75, 3.05) is 12.4 Å². The van der Waals surface area contributed by atoms with Crippen LogP contribution in [0.1, 0.15) is 24.8 Å². The highest BCUT2D eigenvalue weighted by Gasteiger charge is 2.30. The standard InChI is InChI=1S/C21H19F3N4O2/c1-30-20-26-18(13-8-10-15(11-9-13)21(22,23)24)28(27-20)17-7-3-6-16(12-17)25-19(29)14-4-2-5-14/h3,6-12,14H,2,4-5H2,1H3,(H,25,29). The second kappa shape index (κ2) is 7.81. The third kappa shape index (κ3) is 4.00. The van der Waals surface area contributed by atoms with E-state index in [-0.39, 0.29) is 17.8 Å². The largest absolute Gasteiger partial charge is 0.466 e. The average Bonchev–Trinajstić information content (AvgIpc) is 3.11. The molecular weight excluding hydrogens is 397 g/mol. The minimum atomic E-state index is -4.42. The Morgan fingerprint density at radius 1 is 1.17 bits per heavy atom. The predicted octanol–water partition coefficient (Wildman–Crippen LogP) is 4.70. The summed E-state index contributed by atoms with van der Waals surface area (Å²) >= 11 is 0.